The first-order valence-corrected chi connectivity index (χ1v) is 9.01. The van der Waals surface area contributed by atoms with Gasteiger partial charge in [-0.1, -0.05) is 19.4 Å². The third-order valence-corrected chi connectivity index (χ3v) is 4.01. The number of alkyl halides is 3. The van der Waals surface area contributed by atoms with Gasteiger partial charge >= 0.3 is 12.1 Å². The van der Waals surface area contributed by atoms with Gasteiger partial charge in [-0.05, 0) is 48.9 Å². The van der Waals surface area contributed by atoms with Gasteiger partial charge in [-0.3, -0.25) is 4.99 Å². The monoisotopic (exact) mass is 404 g/mol. The van der Waals surface area contributed by atoms with Gasteiger partial charge in [-0.2, -0.15) is 13.2 Å². The fourth-order valence-corrected chi connectivity index (χ4v) is 2.46. The molecule has 1 N–H and O–H groups in total. The number of benzene rings is 2. The van der Waals surface area contributed by atoms with Crippen molar-refractivity contribution >= 4 is 11.9 Å². The third kappa shape index (κ3) is 5.37. The summed E-state index contributed by atoms with van der Waals surface area (Å²) in [5.41, 5.74) is -0.0987. The molecule has 0 amide bonds. The molecule has 5 nitrogen and oxygen atoms in total. The number of rotatable bonds is 7. The van der Waals surface area contributed by atoms with Gasteiger partial charge in [0, 0.05) is 5.56 Å². The first-order valence-electron chi connectivity index (χ1n) is 9.01. The number of unbranched alkanes of at least 4 members (excludes halogenated alkanes) is 1. The molecule has 0 radical (unpaired) electrons. The maximum Gasteiger partial charge on any atom is 0.416 e. The van der Waals surface area contributed by atoms with E-state index in [2.05, 4.69) is 16.9 Å². The van der Waals surface area contributed by atoms with Gasteiger partial charge in [0.25, 0.3) is 0 Å². The van der Waals surface area contributed by atoms with Crippen LogP contribution >= 0.6 is 0 Å². The number of aromatic hydroxyl groups is 1. The number of aliphatic imine (C=N–C) groups is 1. The van der Waals surface area contributed by atoms with Gasteiger partial charge in [0.1, 0.15) is 5.75 Å². The molecule has 0 aliphatic carbocycles. The number of ether oxygens (including phenoxy) is 1. The standard InChI is InChI=1S/C21H19F3N2O3/c1-2-3-11-28-17-9-7-14(8-10-17)19-26-18(20(27)29-19)13-25-16-6-4-5-15(12-16)21(22,23)24/h4-10,12-13,27H,2-3,11H2,1H3. The van der Waals surface area contributed by atoms with Crippen LogP contribution in [0, 0.1) is 0 Å². The Morgan fingerprint density at radius 1 is 1.17 bits per heavy atom. The van der Waals surface area contributed by atoms with Crippen molar-refractivity contribution in [2.45, 2.75) is 25.9 Å². The van der Waals surface area contributed by atoms with Crippen molar-refractivity contribution in [2.24, 2.45) is 4.99 Å². The van der Waals surface area contributed by atoms with Crippen molar-refractivity contribution in [2.75, 3.05) is 6.61 Å². The number of oxazole rings is 1. The van der Waals surface area contributed by atoms with Crippen LogP contribution in [0.3, 0.4) is 0 Å². The molecule has 0 aliphatic rings. The third-order valence-electron chi connectivity index (χ3n) is 4.01. The number of hydrogen-bond donors (Lipinski definition) is 1. The summed E-state index contributed by atoms with van der Waals surface area (Å²) in [4.78, 5) is 8.09. The molecule has 0 saturated carbocycles. The quantitative estimate of drug-likeness (QED) is 0.388. The van der Waals surface area contributed by atoms with Crippen LogP contribution in [0.15, 0.2) is 57.9 Å². The predicted octanol–water partition coefficient (Wildman–Crippen LogP) is 6.00. The Morgan fingerprint density at radius 2 is 1.93 bits per heavy atom. The van der Waals surface area contributed by atoms with Crippen molar-refractivity contribution in [3.8, 4) is 23.1 Å². The van der Waals surface area contributed by atoms with E-state index in [4.69, 9.17) is 9.15 Å². The largest absolute Gasteiger partial charge is 0.494 e. The average Bonchev–Trinajstić information content (AvgIpc) is 3.07. The molecule has 0 bridgehead atoms. The first kappa shape index (κ1) is 20.4. The van der Waals surface area contributed by atoms with E-state index in [-0.39, 0.29) is 17.3 Å². The van der Waals surface area contributed by atoms with Crippen molar-refractivity contribution < 1.29 is 27.4 Å². The molecule has 1 heterocycles. The Morgan fingerprint density at radius 3 is 2.62 bits per heavy atom. The first-order chi connectivity index (χ1) is 13.9. The lowest BCUT2D eigenvalue weighted by molar-refractivity contribution is -0.137. The number of aromatic nitrogens is 1. The molecule has 152 valence electrons. The Labute approximate surface area is 165 Å². The maximum atomic E-state index is 12.8. The summed E-state index contributed by atoms with van der Waals surface area (Å²) in [6.45, 7) is 2.71. The van der Waals surface area contributed by atoms with Crippen LogP contribution in [0.25, 0.3) is 11.5 Å². The van der Waals surface area contributed by atoms with Gasteiger partial charge < -0.3 is 14.3 Å². The highest BCUT2D eigenvalue weighted by Gasteiger charge is 2.30. The Bertz CT molecular complexity index is 980. The van der Waals surface area contributed by atoms with E-state index in [0.29, 0.717) is 17.9 Å². The highest BCUT2D eigenvalue weighted by Crippen LogP contribution is 2.32. The average molecular weight is 404 g/mol. The molecule has 29 heavy (non-hydrogen) atoms. The van der Waals surface area contributed by atoms with E-state index in [9.17, 15) is 18.3 Å². The fraction of sp³-hybridized carbons (Fsp3) is 0.238. The molecule has 0 fully saturated rings. The summed E-state index contributed by atoms with van der Waals surface area (Å²) in [5.74, 6) is 0.399. The van der Waals surface area contributed by atoms with Crippen molar-refractivity contribution in [3.63, 3.8) is 0 Å². The highest BCUT2D eigenvalue weighted by atomic mass is 19.4. The number of hydrogen-bond acceptors (Lipinski definition) is 5. The lowest BCUT2D eigenvalue weighted by Gasteiger charge is -2.06. The zero-order valence-electron chi connectivity index (χ0n) is 15.6. The van der Waals surface area contributed by atoms with Crippen LogP contribution in [-0.4, -0.2) is 22.9 Å². The fourth-order valence-electron chi connectivity index (χ4n) is 2.46. The van der Waals surface area contributed by atoms with E-state index in [1.807, 2.05) is 0 Å². The topological polar surface area (TPSA) is 67.9 Å². The van der Waals surface area contributed by atoms with Crippen LogP contribution in [0.2, 0.25) is 0 Å². The van der Waals surface area contributed by atoms with E-state index >= 15 is 0 Å². The SMILES string of the molecule is CCCCOc1ccc(-c2nc(C=Nc3cccc(C(F)(F)F)c3)c(O)o2)cc1. The Kier molecular flexibility index (Phi) is 6.21. The summed E-state index contributed by atoms with van der Waals surface area (Å²) in [5, 5.41) is 9.93. The normalized spacial score (nSPS) is 11.9. The van der Waals surface area contributed by atoms with Crippen LogP contribution in [-0.2, 0) is 6.18 Å². The Hall–Kier alpha value is -3.29. The van der Waals surface area contributed by atoms with Crippen molar-refractivity contribution in [3.05, 3.63) is 59.8 Å². The number of halogens is 3. The summed E-state index contributed by atoms with van der Waals surface area (Å²) in [6.07, 6.45) is -1.30. The lowest BCUT2D eigenvalue weighted by Crippen LogP contribution is -2.03. The second-order valence-corrected chi connectivity index (χ2v) is 6.24. The van der Waals surface area contributed by atoms with E-state index < -0.39 is 17.7 Å². The van der Waals surface area contributed by atoms with Crippen LogP contribution in [0.5, 0.6) is 11.7 Å². The highest BCUT2D eigenvalue weighted by molar-refractivity contribution is 5.83. The van der Waals surface area contributed by atoms with Gasteiger partial charge in [-0.25, -0.2) is 4.98 Å². The minimum absolute atomic E-state index is 0.0145. The molecule has 0 unspecified atom stereocenters. The minimum Gasteiger partial charge on any atom is -0.494 e. The molecular formula is C21H19F3N2O3. The second-order valence-electron chi connectivity index (χ2n) is 6.24. The summed E-state index contributed by atoms with van der Waals surface area (Å²) in [7, 11) is 0. The van der Waals surface area contributed by atoms with Crippen LogP contribution < -0.4 is 4.74 Å². The molecule has 8 heteroatoms. The van der Waals surface area contributed by atoms with Gasteiger partial charge in [-0.15, -0.1) is 0 Å². The van der Waals surface area contributed by atoms with E-state index in [0.717, 1.165) is 31.2 Å². The van der Waals surface area contributed by atoms with Gasteiger partial charge in [0.2, 0.25) is 5.89 Å². The summed E-state index contributed by atoms with van der Waals surface area (Å²) in [6, 6.07) is 11.5. The van der Waals surface area contributed by atoms with Gasteiger partial charge in [0.15, 0.2) is 5.69 Å². The summed E-state index contributed by atoms with van der Waals surface area (Å²) < 4.78 is 49.1. The molecule has 0 saturated heterocycles. The van der Waals surface area contributed by atoms with E-state index in [1.165, 1.54) is 12.1 Å². The maximum absolute atomic E-state index is 12.8. The predicted molar refractivity (Wildman–Crippen MR) is 103 cm³/mol. The minimum atomic E-state index is -4.46. The molecule has 1 aromatic heterocycles. The van der Waals surface area contributed by atoms with Crippen LogP contribution in [0.4, 0.5) is 18.9 Å². The smallest absolute Gasteiger partial charge is 0.416 e. The van der Waals surface area contributed by atoms with Crippen molar-refractivity contribution in [1.29, 1.82) is 0 Å². The zero-order valence-corrected chi connectivity index (χ0v) is 15.6. The van der Waals surface area contributed by atoms with Gasteiger partial charge in [0.05, 0.1) is 24.1 Å². The summed E-state index contributed by atoms with van der Waals surface area (Å²) >= 11 is 0. The number of nitrogens with zero attached hydrogens (tertiary/aromatic N) is 2. The Balaban J connectivity index is 1.74. The zero-order chi connectivity index (χ0) is 20.9. The molecule has 3 rings (SSSR count). The molecule has 0 aliphatic heterocycles. The molecule has 2 aromatic carbocycles. The molecule has 3 aromatic rings. The van der Waals surface area contributed by atoms with E-state index in [1.54, 1.807) is 24.3 Å². The molecular weight excluding hydrogens is 385 g/mol. The molecule has 0 atom stereocenters. The lowest BCUT2D eigenvalue weighted by atomic mass is 10.2. The second kappa shape index (κ2) is 8.81. The molecule has 0 spiro atoms. The van der Waals surface area contributed by atoms with Crippen LogP contribution in [0.1, 0.15) is 31.0 Å². The van der Waals surface area contributed by atoms with Crippen molar-refractivity contribution in [1.82, 2.24) is 4.98 Å².